The maximum atomic E-state index is 12.4. The van der Waals surface area contributed by atoms with Crippen LogP contribution in [0.5, 0.6) is 0 Å². The van der Waals surface area contributed by atoms with E-state index < -0.39 is 0 Å². The molecule has 0 unspecified atom stereocenters. The van der Waals surface area contributed by atoms with Crippen LogP contribution in [0.1, 0.15) is 35.0 Å². The summed E-state index contributed by atoms with van der Waals surface area (Å²) in [5.41, 5.74) is 3.77. The van der Waals surface area contributed by atoms with Crippen molar-refractivity contribution >= 4 is 22.7 Å². The Kier molecular flexibility index (Phi) is 5.23. The molecule has 3 rings (SSSR count). The van der Waals surface area contributed by atoms with E-state index in [2.05, 4.69) is 15.3 Å². The molecule has 5 heteroatoms. The first-order valence-corrected chi connectivity index (χ1v) is 8.40. The van der Waals surface area contributed by atoms with Crippen LogP contribution < -0.4 is 5.32 Å². The van der Waals surface area contributed by atoms with Gasteiger partial charge in [0.2, 0.25) is 0 Å². The fourth-order valence-electron chi connectivity index (χ4n) is 2.58. The number of carbonyl (C=O) groups is 1. The Labute approximate surface area is 147 Å². The highest BCUT2D eigenvalue weighted by Crippen LogP contribution is 2.26. The van der Waals surface area contributed by atoms with Crippen molar-refractivity contribution in [2.75, 3.05) is 11.9 Å². The molecule has 5 nitrogen and oxygen atoms in total. The first-order chi connectivity index (χ1) is 12.2. The zero-order valence-electron chi connectivity index (χ0n) is 14.5. The molecule has 0 radical (unpaired) electrons. The quantitative estimate of drug-likeness (QED) is 0.687. The third-order valence-electron chi connectivity index (χ3n) is 3.84. The number of rotatable bonds is 6. The van der Waals surface area contributed by atoms with E-state index in [1.54, 1.807) is 6.20 Å². The number of hydrogen-bond acceptors (Lipinski definition) is 5. The maximum Gasteiger partial charge on any atom is 0.341 e. The fourth-order valence-corrected chi connectivity index (χ4v) is 2.58. The molecule has 0 atom stereocenters. The van der Waals surface area contributed by atoms with Crippen molar-refractivity contribution < 1.29 is 9.53 Å². The summed E-state index contributed by atoms with van der Waals surface area (Å²) >= 11 is 0. The Hall–Kier alpha value is -2.95. The minimum absolute atomic E-state index is 0.368. The van der Waals surface area contributed by atoms with Crippen LogP contribution in [-0.4, -0.2) is 22.5 Å². The van der Waals surface area contributed by atoms with E-state index in [9.17, 15) is 4.79 Å². The maximum absolute atomic E-state index is 12.4. The van der Waals surface area contributed by atoms with Gasteiger partial charge in [0.15, 0.2) is 5.65 Å². The molecule has 0 amide bonds. The zero-order valence-corrected chi connectivity index (χ0v) is 14.5. The van der Waals surface area contributed by atoms with Gasteiger partial charge in [0.1, 0.15) is 5.56 Å². The molecule has 25 heavy (non-hydrogen) atoms. The van der Waals surface area contributed by atoms with Crippen molar-refractivity contribution in [3.63, 3.8) is 0 Å². The van der Waals surface area contributed by atoms with E-state index >= 15 is 0 Å². The van der Waals surface area contributed by atoms with Gasteiger partial charge in [-0.05, 0) is 31.0 Å². The Morgan fingerprint density at radius 3 is 2.72 bits per heavy atom. The molecule has 0 aliphatic rings. The summed E-state index contributed by atoms with van der Waals surface area (Å²) in [5.74, 6) is -0.368. The second-order valence-corrected chi connectivity index (χ2v) is 5.85. The average molecular weight is 335 g/mol. The van der Waals surface area contributed by atoms with E-state index in [-0.39, 0.29) is 5.97 Å². The lowest BCUT2D eigenvalue weighted by molar-refractivity contribution is 0.0506. The van der Waals surface area contributed by atoms with E-state index in [0.29, 0.717) is 30.0 Å². The number of ether oxygens (including phenoxy) is 1. The van der Waals surface area contributed by atoms with Crippen molar-refractivity contribution in [1.82, 2.24) is 9.97 Å². The standard InChI is InChI=1S/C20H21N3O2/c1-3-11-25-20(24)17-13-22-19-16(10-9-14(2)23-19)18(17)21-12-15-7-5-4-6-8-15/h4-10,13H,3,11-12H2,1-2H3,(H,21,22,23). The van der Waals surface area contributed by atoms with Crippen molar-refractivity contribution in [2.24, 2.45) is 0 Å². The first kappa shape index (κ1) is 16.9. The number of nitrogens with zero attached hydrogens (tertiary/aromatic N) is 2. The molecular weight excluding hydrogens is 314 g/mol. The number of esters is 1. The molecule has 0 bridgehead atoms. The van der Waals surface area contributed by atoms with Crippen LogP contribution in [0.4, 0.5) is 5.69 Å². The molecule has 2 aromatic heterocycles. The Morgan fingerprint density at radius 1 is 1.16 bits per heavy atom. The van der Waals surface area contributed by atoms with Crippen molar-refractivity contribution in [3.05, 3.63) is 65.5 Å². The minimum Gasteiger partial charge on any atom is -0.462 e. The van der Waals surface area contributed by atoms with E-state index in [4.69, 9.17) is 4.74 Å². The van der Waals surface area contributed by atoms with Gasteiger partial charge < -0.3 is 10.1 Å². The normalized spacial score (nSPS) is 10.6. The number of aromatic nitrogens is 2. The highest BCUT2D eigenvalue weighted by atomic mass is 16.5. The Bertz CT molecular complexity index is 879. The monoisotopic (exact) mass is 335 g/mol. The molecule has 0 spiro atoms. The molecule has 128 valence electrons. The van der Waals surface area contributed by atoms with Crippen LogP contribution in [0.3, 0.4) is 0 Å². The van der Waals surface area contributed by atoms with Crippen LogP contribution in [0.25, 0.3) is 11.0 Å². The van der Waals surface area contributed by atoms with Crippen molar-refractivity contribution in [3.8, 4) is 0 Å². The topological polar surface area (TPSA) is 64.1 Å². The van der Waals surface area contributed by atoms with Gasteiger partial charge in [-0.2, -0.15) is 0 Å². The van der Waals surface area contributed by atoms with Crippen LogP contribution >= 0.6 is 0 Å². The van der Waals surface area contributed by atoms with Gasteiger partial charge in [-0.1, -0.05) is 37.3 Å². The number of anilines is 1. The molecule has 3 aromatic rings. The van der Waals surface area contributed by atoms with Gasteiger partial charge in [-0.15, -0.1) is 0 Å². The molecule has 0 aliphatic heterocycles. The van der Waals surface area contributed by atoms with Gasteiger partial charge in [-0.25, -0.2) is 14.8 Å². The van der Waals surface area contributed by atoms with Gasteiger partial charge in [0, 0.05) is 23.8 Å². The zero-order chi connectivity index (χ0) is 17.6. The van der Waals surface area contributed by atoms with Crippen LogP contribution in [0.15, 0.2) is 48.7 Å². The predicted octanol–water partition coefficient (Wildman–Crippen LogP) is 4.12. The number of carbonyl (C=O) groups excluding carboxylic acids is 1. The first-order valence-electron chi connectivity index (χ1n) is 8.40. The molecule has 0 saturated carbocycles. The summed E-state index contributed by atoms with van der Waals surface area (Å²) in [6.45, 7) is 4.87. The predicted molar refractivity (Wildman–Crippen MR) is 98.6 cm³/mol. The summed E-state index contributed by atoms with van der Waals surface area (Å²) in [7, 11) is 0. The lowest BCUT2D eigenvalue weighted by atomic mass is 10.1. The summed E-state index contributed by atoms with van der Waals surface area (Å²) in [6.07, 6.45) is 2.32. The summed E-state index contributed by atoms with van der Waals surface area (Å²) < 4.78 is 5.30. The number of fused-ring (bicyclic) bond motifs is 1. The third kappa shape index (κ3) is 3.94. The molecular formula is C20H21N3O2. The average Bonchev–Trinajstić information content (AvgIpc) is 2.64. The second-order valence-electron chi connectivity index (χ2n) is 5.85. The van der Waals surface area contributed by atoms with Gasteiger partial charge in [0.05, 0.1) is 12.3 Å². The van der Waals surface area contributed by atoms with Crippen LogP contribution in [0, 0.1) is 6.92 Å². The van der Waals surface area contributed by atoms with E-state index in [1.165, 1.54) is 0 Å². The Balaban J connectivity index is 1.99. The van der Waals surface area contributed by atoms with Gasteiger partial charge >= 0.3 is 5.97 Å². The number of nitrogens with one attached hydrogen (secondary N) is 1. The van der Waals surface area contributed by atoms with Crippen LogP contribution in [0.2, 0.25) is 0 Å². The van der Waals surface area contributed by atoms with E-state index in [1.807, 2.05) is 56.3 Å². The molecule has 0 aliphatic carbocycles. The Morgan fingerprint density at radius 2 is 1.96 bits per heavy atom. The summed E-state index contributed by atoms with van der Waals surface area (Å²) in [5, 5.41) is 4.18. The molecule has 1 aromatic carbocycles. The van der Waals surface area contributed by atoms with Gasteiger partial charge in [-0.3, -0.25) is 0 Å². The number of aryl methyl sites for hydroxylation is 1. The SMILES string of the molecule is CCCOC(=O)c1cnc2nc(C)ccc2c1NCc1ccccc1. The number of hydrogen-bond donors (Lipinski definition) is 1. The highest BCUT2D eigenvalue weighted by Gasteiger charge is 2.17. The van der Waals surface area contributed by atoms with E-state index in [0.717, 1.165) is 23.1 Å². The molecule has 2 heterocycles. The van der Waals surface area contributed by atoms with Gasteiger partial charge in [0.25, 0.3) is 0 Å². The highest BCUT2D eigenvalue weighted by molar-refractivity contribution is 6.04. The van der Waals surface area contributed by atoms with Crippen molar-refractivity contribution in [2.45, 2.75) is 26.8 Å². The molecule has 1 N–H and O–H groups in total. The number of benzene rings is 1. The second kappa shape index (κ2) is 7.75. The fraction of sp³-hybridized carbons (Fsp3) is 0.250. The largest absolute Gasteiger partial charge is 0.462 e. The molecule has 0 saturated heterocycles. The smallest absolute Gasteiger partial charge is 0.341 e. The third-order valence-corrected chi connectivity index (χ3v) is 3.84. The summed E-state index contributed by atoms with van der Waals surface area (Å²) in [6, 6.07) is 13.9. The minimum atomic E-state index is -0.368. The number of pyridine rings is 2. The lowest BCUT2D eigenvalue weighted by Gasteiger charge is -2.14. The van der Waals surface area contributed by atoms with Crippen molar-refractivity contribution in [1.29, 1.82) is 0 Å². The lowest BCUT2D eigenvalue weighted by Crippen LogP contribution is -2.12. The van der Waals surface area contributed by atoms with Crippen LogP contribution in [-0.2, 0) is 11.3 Å². The molecule has 0 fully saturated rings. The summed E-state index contributed by atoms with van der Waals surface area (Å²) in [4.78, 5) is 21.2.